The van der Waals surface area contributed by atoms with Crippen LogP contribution < -0.4 is 5.73 Å². The molecule has 1 saturated heterocycles. The summed E-state index contributed by atoms with van der Waals surface area (Å²) in [5.74, 6) is 0.617. The summed E-state index contributed by atoms with van der Waals surface area (Å²) < 4.78 is 0. The Morgan fingerprint density at radius 3 is 2.80 bits per heavy atom. The molecular formula is C13H20N2. The van der Waals surface area contributed by atoms with Crippen molar-refractivity contribution in [1.82, 2.24) is 4.90 Å². The second kappa shape index (κ2) is 4.77. The van der Waals surface area contributed by atoms with Gasteiger partial charge in [0, 0.05) is 12.6 Å². The summed E-state index contributed by atoms with van der Waals surface area (Å²) in [5.41, 5.74) is 7.57. The molecule has 1 heterocycles. The number of likely N-dealkylation sites (tertiary alicyclic amines) is 1. The van der Waals surface area contributed by atoms with Gasteiger partial charge in [0.05, 0.1) is 0 Å². The van der Waals surface area contributed by atoms with Gasteiger partial charge >= 0.3 is 0 Å². The highest BCUT2D eigenvalue weighted by Crippen LogP contribution is 2.18. The standard InChI is InChI=1S/C13H20N2/c1-15-8-7-13(14)12(10-15)9-11-5-3-2-4-6-11/h2-6,12-13H,7-10,14H2,1H3. The number of hydrogen-bond acceptors (Lipinski definition) is 2. The summed E-state index contributed by atoms with van der Waals surface area (Å²) >= 11 is 0. The van der Waals surface area contributed by atoms with Gasteiger partial charge < -0.3 is 10.6 Å². The van der Waals surface area contributed by atoms with E-state index in [-0.39, 0.29) is 0 Å². The first-order valence-electron chi connectivity index (χ1n) is 5.74. The van der Waals surface area contributed by atoms with Crippen molar-refractivity contribution < 1.29 is 0 Å². The average Bonchev–Trinajstić information content (AvgIpc) is 2.25. The summed E-state index contributed by atoms with van der Waals surface area (Å²) in [4.78, 5) is 2.39. The van der Waals surface area contributed by atoms with Crippen molar-refractivity contribution in [2.75, 3.05) is 20.1 Å². The van der Waals surface area contributed by atoms with Crippen molar-refractivity contribution in [2.24, 2.45) is 11.7 Å². The maximum Gasteiger partial charge on any atom is 0.00947 e. The molecule has 2 nitrogen and oxygen atoms in total. The van der Waals surface area contributed by atoms with Gasteiger partial charge in [-0.15, -0.1) is 0 Å². The predicted molar refractivity (Wildman–Crippen MR) is 63.7 cm³/mol. The lowest BCUT2D eigenvalue weighted by molar-refractivity contribution is 0.185. The van der Waals surface area contributed by atoms with E-state index in [1.165, 1.54) is 5.56 Å². The molecule has 82 valence electrons. The quantitative estimate of drug-likeness (QED) is 0.791. The van der Waals surface area contributed by atoms with Crippen molar-refractivity contribution in [3.63, 3.8) is 0 Å². The van der Waals surface area contributed by atoms with E-state index in [2.05, 4.69) is 42.3 Å². The smallest absolute Gasteiger partial charge is 0.00947 e. The molecule has 1 aliphatic rings. The van der Waals surface area contributed by atoms with E-state index >= 15 is 0 Å². The van der Waals surface area contributed by atoms with Crippen LogP contribution >= 0.6 is 0 Å². The summed E-state index contributed by atoms with van der Waals surface area (Å²) in [6.07, 6.45) is 2.25. The first-order chi connectivity index (χ1) is 7.25. The number of nitrogens with two attached hydrogens (primary N) is 1. The van der Waals surface area contributed by atoms with Gasteiger partial charge in [0.1, 0.15) is 0 Å². The topological polar surface area (TPSA) is 29.3 Å². The summed E-state index contributed by atoms with van der Waals surface area (Å²) in [5, 5.41) is 0. The maximum absolute atomic E-state index is 6.16. The van der Waals surface area contributed by atoms with Gasteiger partial charge in [0.2, 0.25) is 0 Å². The largest absolute Gasteiger partial charge is 0.327 e. The fraction of sp³-hybridized carbons (Fsp3) is 0.538. The fourth-order valence-corrected chi connectivity index (χ4v) is 2.36. The Balaban J connectivity index is 1.98. The highest BCUT2D eigenvalue weighted by Gasteiger charge is 2.24. The SMILES string of the molecule is CN1CCC(N)C(Cc2ccccc2)C1. The van der Waals surface area contributed by atoms with E-state index in [9.17, 15) is 0 Å². The van der Waals surface area contributed by atoms with Crippen molar-refractivity contribution in [1.29, 1.82) is 0 Å². The highest BCUT2D eigenvalue weighted by atomic mass is 15.1. The zero-order valence-electron chi connectivity index (χ0n) is 9.39. The maximum atomic E-state index is 6.16. The van der Waals surface area contributed by atoms with E-state index in [4.69, 9.17) is 5.73 Å². The molecule has 1 aromatic rings. The Labute approximate surface area is 92.1 Å². The lowest BCUT2D eigenvalue weighted by Gasteiger charge is -2.34. The van der Waals surface area contributed by atoms with Crippen molar-refractivity contribution >= 4 is 0 Å². The molecule has 2 unspecified atom stereocenters. The van der Waals surface area contributed by atoms with Crippen LogP contribution in [-0.2, 0) is 6.42 Å². The molecule has 1 aliphatic heterocycles. The lowest BCUT2D eigenvalue weighted by Crippen LogP contribution is -2.46. The monoisotopic (exact) mass is 204 g/mol. The Kier molecular flexibility index (Phi) is 3.39. The Bertz CT molecular complexity index is 297. The molecule has 0 amide bonds. The predicted octanol–water partition coefficient (Wildman–Crippen LogP) is 1.51. The minimum atomic E-state index is 0.376. The molecular weight excluding hydrogens is 184 g/mol. The average molecular weight is 204 g/mol. The van der Waals surface area contributed by atoms with Gasteiger partial charge in [-0.05, 0) is 37.9 Å². The first kappa shape index (κ1) is 10.7. The number of hydrogen-bond donors (Lipinski definition) is 1. The van der Waals surface area contributed by atoms with Gasteiger partial charge in [-0.2, -0.15) is 0 Å². The normalized spacial score (nSPS) is 27.9. The fourth-order valence-electron chi connectivity index (χ4n) is 2.36. The minimum Gasteiger partial charge on any atom is -0.327 e. The molecule has 1 aromatic carbocycles. The second-order valence-electron chi connectivity index (χ2n) is 4.66. The second-order valence-corrected chi connectivity index (χ2v) is 4.66. The molecule has 2 heteroatoms. The first-order valence-corrected chi connectivity index (χ1v) is 5.74. The third-order valence-electron chi connectivity index (χ3n) is 3.34. The molecule has 0 radical (unpaired) electrons. The van der Waals surface area contributed by atoms with Gasteiger partial charge in [0.25, 0.3) is 0 Å². The highest BCUT2D eigenvalue weighted by molar-refractivity contribution is 5.15. The molecule has 15 heavy (non-hydrogen) atoms. The van der Waals surface area contributed by atoms with Crippen LogP contribution in [-0.4, -0.2) is 31.1 Å². The van der Waals surface area contributed by atoms with Crippen LogP contribution in [0.2, 0.25) is 0 Å². The van der Waals surface area contributed by atoms with Crippen LogP contribution in [0.4, 0.5) is 0 Å². The minimum absolute atomic E-state index is 0.376. The summed E-state index contributed by atoms with van der Waals surface area (Å²) in [6, 6.07) is 11.0. The number of benzene rings is 1. The van der Waals surface area contributed by atoms with E-state index in [0.29, 0.717) is 12.0 Å². The van der Waals surface area contributed by atoms with Crippen molar-refractivity contribution in [3.8, 4) is 0 Å². The summed E-state index contributed by atoms with van der Waals surface area (Å²) in [6.45, 7) is 2.28. The van der Waals surface area contributed by atoms with Crippen LogP contribution in [0.3, 0.4) is 0 Å². The number of rotatable bonds is 2. The molecule has 0 bridgehead atoms. The van der Waals surface area contributed by atoms with E-state index in [1.54, 1.807) is 0 Å². The number of nitrogens with zero attached hydrogens (tertiary/aromatic N) is 1. The van der Waals surface area contributed by atoms with Gasteiger partial charge in [-0.25, -0.2) is 0 Å². The molecule has 0 aromatic heterocycles. The van der Waals surface area contributed by atoms with Crippen LogP contribution in [0.5, 0.6) is 0 Å². The molecule has 2 rings (SSSR count). The van der Waals surface area contributed by atoms with Crippen molar-refractivity contribution in [2.45, 2.75) is 18.9 Å². The Morgan fingerprint density at radius 1 is 1.33 bits per heavy atom. The number of piperidine rings is 1. The third-order valence-corrected chi connectivity index (χ3v) is 3.34. The molecule has 1 fully saturated rings. The van der Waals surface area contributed by atoms with Crippen LogP contribution in [0.1, 0.15) is 12.0 Å². The molecule has 2 N–H and O–H groups in total. The van der Waals surface area contributed by atoms with E-state index < -0.39 is 0 Å². The molecule has 0 saturated carbocycles. The molecule has 0 spiro atoms. The van der Waals surface area contributed by atoms with E-state index in [0.717, 1.165) is 25.9 Å². The van der Waals surface area contributed by atoms with Gasteiger partial charge in [-0.3, -0.25) is 0 Å². The van der Waals surface area contributed by atoms with E-state index in [1.807, 2.05) is 0 Å². The van der Waals surface area contributed by atoms with Crippen LogP contribution in [0.25, 0.3) is 0 Å². The molecule has 2 atom stereocenters. The lowest BCUT2D eigenvalue weighted by atomic mass is 9.87. The molecule has 0 aliphatic carbocycles. The zero-order valence-corrected chi connectivity index (χ0v) is 9.39. The third kappa shape index (κ3) is 2.80. The van der Waals surface area contributed by atoms with Crippen molar-refractivity contribution in [3.05, 3.63) is 35.9 Å². The Hall–Kier alpha value is -0.860. The Morgan fingerprint density at radius 2 is 2.07 bits per heavy atom. The van der Waals surface area contributed by atoms with Gasteiger partial charge in [-0.1, -0.05) is 30.3 Å². The van der Waals surface area contributed by atoms with Crippen LogP contribution in [0.15, 0.2) is 30.3 Å². The van der Waals surface area contributed by atoms with Crippen LogP contribution in [0, 0.1) is 5.92 Å². The summed E-state index contributed by atoms with van der Waals surface area (Å²) in [7, 11) is 2.18. The van der Waals surface area contributed by atoms with Gasteiger partial charge in [0.15, 0.2) is 0 Å². The zero-order chi connectivity index (χ0) is 10.7.